The number of hydrogen-bond acceptors (Lipinski definition) is 4. The molecule has 1 N–H and O–H groups in total. The van der Waals surface area contributed by atoms with Crippen molar-refractivity contribution in [3.8, 4) is 27.9 Å². The Hall–Kier alpha value is -2.23. The second kappa shape index (κ2) is 5.87. The van der Waals surface area contributed by atoms with Crippen molar-refractivity contribution in [2.45, 2.75) is 6.92 Å². The zero-order valence-electron chi connectivity index (χ0n) is 11.6. The van der Waals surface area contributed by atoms with Gasteiger partial charge in [-0.2, -0.15) is 5.26 Å². The first-order chi connectivity index (χ1) is 10.6. The van der Waals surface area contributed by atoms with E-state index >= 15 is 0 Å². The van der Waals surface area contributed by atoms with E-state index in [1.54, 1.807) is 13.0 Å². The minimum absolute atomic E-state index is 0.0961. The lowest BCUT2D eigenvalue weighted by Gasteiger charge is -2.02. The fraction of sp³-hybridized carbons (Fsp3) is 0.0625. The number of halogens is 1. The number of rotatable bonds is 2. The molecule has 2 aromatic heterocycles. The predicted molar refractivity (Wildman–Crippen MR) is 90.8 cm³/mol. The van der Waals surface area contributed by atoms with Gasteiger partial charge in [0, 0.05) is 26.7 Å². The van der Waals surface area contributed by atoms with Crippen LogP contribution in [-0.4, -0.2) is 9.97 Å². The number of nitrogens with one attached hydrogen (secondary N) is 1. The van der Waals surface area contributed by atoms with E-state index in [1.807, 2.05) is 35.7 Å². The standard InChI is InChI=1S/C16H10BrN3OS/c1-9-13(6-11(7-18)15(21)19-9)14-8-22-16(20-14)10-2-4-12(17)5-3-10/h2-6,8H,1H3,(H,19,21). The lowest BCUT2D eigenvalue weighted by molar-refractivity contribution is 1.13. The summed E-state index contributed by atoms with van der Waals surface area (Å²) in [4.78, 5) is 18.9. The molecular weight excluding hydrogens is 362 g/mol. The largest absolute Gasteiger partial charge is 0.325 e. The Morgan fingerprint density at radius 1 is 1.32 bits per heavy atom. The molecule has 0 aliphatic heterocycles. The molecule has 0 fully saturated rings. The number of aromatic amines is 1. The van der Waals surface area contributed by atoms with E-state index in [0.29, 0.717) is 5.69 Å². The number of pyridine rings is 1. The van der Waals surface area contributed by atoms with Gasteiger partial charge in [-0.3, -0.25) is 4.79 Å². The maximum absolute atomic E-state index is 11.6. The van der Waals surface area contributed by atoms with Gasteiger partial charge in [0.1, 0.15) is 16.6 Å². The maximum Gasteiger partial charge on any atom is 0.266 e. The van der Waals surface area contributed by atoms with Crippen molar-refractivity contribution >= 4 is 27.3 Å². The van der Waals surface area contributed by atoms with Gasteiger partial charge in [0.15, 0.2) is 0 Å². The molecule has 0 radical (unpaired) electrons. The van der Waals surface area contributed by atoms with Gasteiger partial charge in [0.05, 0.1) is 5.69 Å². The zero-order chi connectivity index (χ0) is 15.7. The average molecular weight is 372 g/mol. The highest BCUT2D eigenvalue weighted by molar-refractivity contribution is 9.10. The van der Waals surface area contributed by atoms with Crippen LogP contribution >= 0.6 is 27.3 Å². The topological polar surface area (TPSA) is 69.5 Å². The number of hydrogen-bond donors (Lipinski definition) is 1. The molecule has 0 atom stereocenters. The molecule has 4 nitrogen and oxygen atoms in total. The second-order valence-electron chi connectivity index (χ2n) is 4.71. The van der Waals surface area contributed by atoms with Crippen LogP contribution in [0.15, 0.2) is 45.0 Å². The normalized spacial score (nSPS) is 10.4. The smallest absolute Gasteiger partial charge is 0.266 e. The number of H-pyrrole nitrogens is 1. The monoisotopic (exact) mass is 371 g/mol. The predicted octanol–water partition coefficient (Wildman–Crippen LogP) is 4.11. The molecule has 0 saturated heterocycles. The summed E-state index contributed by atoms with van der Waals surface area (Å²) in [7, 11) is 0. The average Bonchev–Trinajstić information content (AvgIpc) is 2.98. The molecule has 0 spiro atoms. The molecule has 2 heterocycles. The van der Waals surface area contributed by atoms with E-state index in [-0.39, 0.29) is 11.1 Å². The summed E-state index contributed by atoms with van der Waals surface area (Å²) in [6.45, 7) is 1.80. The Balaban J connectivity index is 2.06. The van der Waals surface area contributed by atoms with Crippen LogP contribution in [0, 0.1) is 18.3 Å². The van der Waals surface area contributed by atoms with E-state index in [4.69, 9.17) is 5.26 Å². The summed E-state index contributed by atoms with van der Waals surface area (Å²) in [5.41, 5.74) is 2.99. The van der Waals surface area contributed by atoms with Crippen LogP contribution in [0.1, 0.15) is 11.3 Å². The molecule has 0 amide bonds. The van der Waals surface area contributed by atoms with Crippen LogP contribution in [0.25, 0.3) is 21.8 Å². The van der Waals surface area contributed by atoms with Gasteiger partial charge in [0.2, 0.25) is 0 Å². The first kappa shape index (κ1) is 14.7. The first-order valence-corrected chi connectivity index (χ1v) is 8.11. The molecule has 0 aliphatic rings. The Bertz CT molecular complexity index is 935. The van der Waals surface area contributed by atoms with E-state index in [9.17, 15) is 4.79 Å². The Kier molecular flexibility index (Phi) is 3.92. The van der Waals surface area contributed by atoms with Gasteiger partial charge in [0.25, 0.3) is 5.56 Å². The van der Waals surface area contributed by atoms with Crippen LogP contribution in [0.4, 0.5) is 0 Å². The van der Waals surface area contributed by atoms with Crippen LogP contribution in [0.2, 0.25) is 0 Å². The van der Waals surface area contributed by atoms with Crippen molar-refractivity contribution in [1.29, 1.82) is 5.26 Å². The third-order valence-electron chi connectivity index (χ3n) is 3.23. The lowest BCUT2D eigenvalue weighted by Crippen LogP contribution is -2.11. The Morgan fingerprint density at radius 3 is 2.73 bits per heavy atom. The fourth-order valence-corrected chi connectivity index (χ4v) is 3.19. The van der Waals surface area contributed by atoms with E-state index in [2.05, 4.69) is 25.9 Å². The number of nitrogens with zero attached hydrogens (tertiary/aromatic N) is 2. The highest BCUT2D eigenvalue weighted by Crippen LogP contribution is 2.30. The molecule has 3 aromatic rings. The number of thiazole rings is 1. The highest BCUT2D eigenvalue weighted by atomic mass is 79.9. The van der Waals surface area contributed by atoms with Crippen LogP contribution < -0.4 is 5.56 Å². The van der Waals surface area contributed by atoms with Crippen molar-refractivity contribution in [3.05, 3.63) is 61.8 Å². The molecule has 3 rings (SSSR count). The molecule has 6 heteroatoms. The third-order valence-corrected chi connectivity index (χ3v) is 4.65. The highest BCUT2D eigenvalue weighted by Gasteiger charge is 2.12. The van der Waals surface area contributed by atoms with Crippen molar-refractivity contribution in [1.82, 2.24) is 9.97 Å². The molecule has 1 aromatic carbocycles. The lowest BCUT2D eigenvalue weighted by atomic mass is 10.1. The van der Waals surface area contributed by atoms with Gasteiger partial charge in [-0.05, 0) is 25.1 Å². The van der Waals surface area contributed by atoms with Crippen LogP contribution in [0.3, 0.4) is 0 Å². The van der Waals surface area contributed by atoms with Crippen molar-refractivity contribution in [2.75, 3.05) is 0 Å². The first-order valence-electron chi connectivity index (χ1n) is 6.44. The maximum atomic E-state index is 11.6. The summed E-state index contributed by atoms with van der Waals surface area (Å²) in [5.74, 6) is 0. The summed E-state index contributed by atoms with van der Waals surface area (Å²) in [6, 6.07) is 11.4. The summed E-state index contributed by atoms with van der Waals surface area (Å²) >= 11 is 4.94. The Morgan fingerprint density at radius 2 is 2.05 bits per heavy atom. The summed E-state index contributed by atoms with van der Waals surface area (Å²) in [6.07, 6.45) is 0. The van der Waals surface area contributed by atoms with Crippen molar-refractivity contribution in [3.63, 3.8) is 0 Å². The minimum atomic E-state index is -0.368. The van der Waals surface area contributed by atoms with Crippen molar-refractivity contribution in [2.24, 2.45) is 0 Å². The van der Waals surface area contributed by atoms with Gasteiger partial charge in [-0.1, -0.05) is 28.1 Å². The summed E-state index contributed by atoms with van der Waals surface area (Å²) in [5, 5.41) is 11.8. The van der Waals surface area contributed by atoms with Crippen molar-refractivity contribution < 1.29 is 0 Å². The van der Waals surface area contributed by atoms with Gasteiger partial charge in [-0.15, -0.1) is 11.3 Å². The number of aryl methyl sites for hydroxylation is 1. The number of nitriles is 1. The van der Waals surface area contributed by atoms with E-state index < -0.39 is 0 Å². The van der Waals surface area contributed by atoms with E-state index in [0.717, 1.165) is 26.3 Å². The SMILES string of the molecule is Cc1[nH]c(=O)c(C#N)cc1-c1csc(-c2ccc(Br)cc2)n1. The molecule has 0 saturated carbocycles. The molecule has 108 valence electrons. The van der Waals surface area contributed by atoms with Crippen LogP contribution in [0.5, 0.6) is 0 Å². The third kappa shape index (κ3) is 2.73. The second-order valence-corrected chi connectivity index (χ2v) is 6.48. The van der Waals surface area contributed by atoms with Gasteiger partial charge >= 0.3 is 0 Å². The van der Waals surface area contributed by atoms with Gasteiger partial charge < -0.3 is 4.98 Å². The zero-order valence-corrected chi connectivity index (χ0v) is 14.0. The summed E-state index contributed by atoms with van der Waals surface area (Å²) < 4.78 is 1.02. The van der Waals surface area contributed by atoms with Gasteiger partial charge in [-0.25, -0.2) is 4.98 Å². The number of benzene rings is 1. The molecule has 0 aliphatic carbocycles. The molecule has 0 bridgehead atoms. The number of aromatic nitrogens is 2. The quantitative estimate of drug-likeness (QED) is 0.736. The van der Waals surface area contributed by atoms with Crippen LogP contribution in [-0.2, 0) is 0 Å². The molecular formula is C16H10BrN3OS. The Labute approximate surface area is 139 Å². The molecule has 22 heavy (non-hydrogen) atoms. The van der Waals surface area contributed by atoms with E-state index in [1.165, 1.54) is 11.3 Å². The minimum Gasteiger partial charge on any atom is -0.325 e. The fourth-order valence-electron chi connectivity index (χ4n) is 2.09. The molecule has 0 unspecified atom stereocenters.